The van der Waals surface area contributed by atoms with E-state index >= 15 is 0 Å². The van der Waals surface area contributed by atoms with Crippen molar-refractivity contribution in [1.29, 1.82) is 0 Å². The van der Waals surface area contributed by atoms with Crippen LogP contribution in [0.25, 0.3) is 0 Å². The summed E-state index contributed by atoms with van der Waals surface area (Å²) in [5.41, 5.74) is 1.73. The summed E-state index contributed by atoms with van der Waals surface area (Å²) in [6, 6.07) is 17.3. The van der Waals surface area contributed by atoms with Gasteiger partial charge in [0.25, 0.3) is 10.0 Å². The number of nitrogens with one attached hydrogen (secondary N) is 1. The molecule has 236 valence electrons. The van der Waals surface area contributed by atoms with Crippen LogP contribution in [-0.2, 0) is 26.2 Å². The van der Waals surface area contributed by atoms with Crippen molar-refractivity contribution in [3.05, 3.63) is 82.9 Å². The Bertz CT molecular complexity index is 1560. The number of hydrogen-bond donors (Lipinski definition) is 1. The van der Waals surface area contributed by atoms with Gasteiger partial charge in [-0.1, -0.05) is 66.8 Å². The molecule has 1 aliphatic rings. The number of halogens is 1. The van der Waals surface area contributed by atoms with Crippen LogP contribution < -0.4 is 19.1 Å². The van der Waals surface area contributed by atoms with E-state index in [9.17, 15) is 18.0 Å². The number of methoxy groups -OCH3 is 2. The number of anilines is 1. The van der Waals surface area contributed by atoms with Crippen molar-refractivity contribution < 1.29 is 27.5 Å². The molecule has 1 atom stereocenters. The van der Waals surface area contributed by atoms with Crippen molar-refractivity contribution >= 4 is 39.1 Å². The lowest BCUT2D eigenvalue weighted by Crippen LogP contribution is -2.53. The van der Waals surface area contributed by atoms with Crippen molar-refractivity contribution in [3.8, 4) is 11.5 Å². The van der Waals surface area contributed by atoms with Crippen LogP contribution in [0, 0.1) is 6.92 Å². The minimum absolute atomic E-state index is 0.0160. The van der Waals surface area contributed by atoms with Gasteiger partial charge in [-0.15, -0.1) is 0 Å². The number of ether oxygens (including phenoxy) is 2. The van der Waals surface area contributed by atoms with E-state index < -0.39 is 28.5 Å². The molecule has 1 aliphatic carbocycles. The molecule has 1 saturated carbocycles. The Balaban J connectivity index is 1.73. The highest BCUT2D eigenvalue weighted by Gasteiger charge is 2.34. The molecule has 0 saturated heterocycles. The zero-order valence-electron chi connectivity index (χ0n) is 25.6. The normalized spacial score (nSPS) is 14.4. The maximum absolute atomic E-state index is 14.2. The summed E-state index contributed by atoms with van der Waals surface area (Å²) in [4.78, 5) is 29.1. The first-order valence-corrected chi connectivity index (χ1v) is 16.5. The van der Waals surface area contributed by atoms with Crippen LogP contribution in [0.1, 0.15) is 50.2 Å². The Hall–Kier alpha value is -3.76. The monoisotopic (exact) mass is 641 g/mol. The lowest BCUT2D eigenvalue weighted by molar-refractivity contribution is -0.139. The van der Waals surface area contributed by atoms with Gasteiger partial charge in [0, 0.05) is 23.7 Å². The number of rotatable bonds is 12. The van der Waals surface area contributed by atoms with E-state index in [1.165, 1.54) is 37.3 Å². The molecule has 0 spiro atoms. The van der Waals surface area contributed by atoms with E-state index in [1.807, 2.05) is 6.92 Å². The second-order valence-corrected chi connectivity index (χ2v) is 13.3. The highest BCUT2D eigenvalue weighted by molar-refractivity contribution is 7.92. The van der Waals surface area contributed by atoms with Crippen LogP contribution in [0.5, 0.6) is 11.5 Å². The molecule has 3 aromatic carbocycles. The topological polar surface area (TPSA) is 105 Å². The van der Waals surface area contributed by atoms with E-state index in [-0.39, 0.29) is 29.1 Å². The molecule has 0 aliphatic heterocycles. The summed E-state index contributed by atoms with van der Waals surface area (Å²) in [5.74, 6) is -0.156. The first-order chi connectivity index (χ1) is 21.0. The van der Waals surface area contributed by atoms with Crippen LogP contribution in [0.3, 0.4) is 0 Å². The van der Waals surface area contributed by atoms with E-state index in [1.54, 1.807) is 55.5 Å². The third kappa shape index (κ3) is 7.84. The van der Waals surface area contributed by atoms with Crippen molar-refractivity contribution in [1.82, 2.24) is 10.2 Å². The number of carbonyl (C=O) groups is 2. The maximum Gasteiger partial charge on any atom is 0.264 e. The summed E-state index contributed by atoms with van der Waals surface area (Å²) >= 11 is 6.47. The largest absolute Gasteiger partial charge is 0.493 e. The predicted molar refractivity (Wildman–Crippen MR) is 172 cm³/mol. The zero-order valence-corrected chi connectivity index (χ0v) is 27.2. The smallest absolute Gasteiger partial charge is 0.264 e. The summed E-state index contributed by atoms with van der Waals surface area (Å²) in [7, 11) is -1.30. The second kappa shape index (κ2) is 14.8. The van der Waals surface area contributed by atoms with E-state index in [4.69, 9.17) is 21.1 Å². The van der Waals surface area contributed by atoms with Crippen molar-refractivity contribution in [3.63, 3.8) is 0 Å². The Morgan fingerprint density at radius 2 is 1.61 bits per heavy atom. The molecule has 3 aromatic rings. The molecular formula is C33H40ClN3O6S. The van der Waals surface area contributed by atoms with Gasteiger partial charge in [-0.25, -0.2) is 8.42 Å². The van der Waals surface area contributed by atoms with Crippen LogP contribution in [0.15, 0.2) is 71.6 Å². The van der Waals surface area contributed by atoms with Gasteiger partial charge in [0.2, 0.25) is 11.8 Å². The van der Waals surface area contributed by atoms with Crippen molar-refractivity contribution in [2.75, 3.05) is 25.1 Å². The number of nitrogens with zero attached hydrogens (tertiary/aromatic N) is 2. The molecular weight excluding hydrogens is 602 g/mol. The second-order valence-electron chi connectivity index (χ2n) is 11.0. The Morgan fingerprint density at radius 3 is 2.25 bits per heavy atom. The molecule has 0 heterocycles. The number of carbonyl (C=O) groups excluding carboxylic acids is 2. The molecule has 2 amide bonds. The third-order valence-corrected chi connectivity index (χ3v) is 10.1. The van der Waals surface area contributed by atoms with Crippen LogP contribution >= 0.6 is 11.6 Å². The fourth-order valence-corrected chi connectivity index (χ4v) is 6.91. The Labute approximate surface area is 265 Å². The highest BCUT2D eigenvalue weighted by Crippen LogP contribution is 2.34. The first-order valence-electron chi connectivity index (χ1n) is 14.7. The average molecular weight is 642 g/mol. The minimum Gasteiger partial charge on any atom is -0.493 e. The van der Waals surface area contributed by atoms with E-state index in [0.29, 0.717) is 22.1 Å². The van der Waals surface area contributed by atoms with Crippen LogP contribution in [-0.4, -0.2) is 58.0 Å². The summed E-state index contributed by atoms with van der Waals surface area (Å²) in [6.45, 7) is 2.96. The molecule has 0 bridgehead atoms. The Morgan fingerprint density at radius 1 is 0.955 bits per heavy atom. The Kier molecular flexibility index (Phi) is 11.2. The summed E-state index contributed by atoms with van der Waals surface area (Å²) in [5, 5.41) is 3.54. The minimum atomic E-state index is -4.23. The predicted octanol–water partition coefficient (Wildman–Crippen LogP) is 5.73. The number of benzene rings is 3. The maximum atomic E-state index is 14.2. The van der Waals surface area contributed by atoms with Gasteiger partial charge >= 0.3 is 0 Å². The number of aryl methyl sites for hydroxylation is 1. The first kappa shape index (κ1) is 33.1. The lowest BCUT2D eigenvalue weighted by Gasteiger charge is -2.33. The number of hydrogen-bond acceptors (Lipinski definition) is 6. The molecule has 0 radical (unpaired) electrons. The number of sulfonamides is 1. The molecule has 11 heteroatoms. The highest BCUT2D eigenvalue weighted by atomic mass is 35.5. The average Bonchev–Trinajstić information content (AvgIpc) is 3.03. The van der Waals surface area contributed by atoms with Crippen molar-refractivity contribution in [2.45, 2.75) is 69.5 Å². The molecule has 1 N–H and O–H groups in total. The van der Waals surface area contributed by atoms with Gasteiger partial charge in [0.1, 0.15) is 12.6 Å². The molecule has 44 heavy (non-hydrogen) atoms. The van der Waals surface area contributed by atoms with Crippen molar-refractivity contribution in [2.24, 2.45) is 0 Å². The van der Waals surface area contributed by atoms with Crippen LogP contribution in [0.4, 0.5) is 5.69 Å². The molecule has 9 nitrogen and oxygen atoms in total. The van der Waals surface area contributed by atoms with Gasteiger partial charge in [-0.3, -0.25) is 13.9 Å². The van der Waals surface area contributed by atoms with Gasteiger partial charge in [0.05, 0.1) is 24.8 Å². The van der Waals surface area contributed by atoms with Crippen LogP contribution in [0.2, 0.25) is 5.02 Å². The fraction of sp³-hybridized carbons (Fsp3) is 0.394. The SMILES string of the molecule is COc1ccc(N(CC(=O)N(Cc2ccccc2Cl)C(C)C(=O)NC2CCCCC2)S(=O)(=O)c2ccc(C)cc2)cc1OC. The van der Waals surface area contributed by atoms with Gasteiger partial charge in [-0.05, 0) is 62.6 Å². The zero-order chi connectivity index (χ0) is 31.9. The lowest BCUT2D eigenvalue weighted by atomic mass is 9.95. The van der Waals surface area contributed by atoms with Gasteiger partial charge < -0.3 is 19.7 Å². The summed E-state index contributed by atoms with van der Waals surface area (Å²) < 4.78 is 40.1. The molecule has 4 rings (SSSR count). The standard InChI is InChI=1S/C33H40ClN3O6S/c1-23-14-17-28(18-15-23)44(40,41)37(27-16-19-30(42-3)31(20-27)43-4)22-32(38)36(21-25-10-8-9-13-29(25)34)24(2)33(39)35-26-11-6-5-7-12-26/h8-10,13-20,24,26H,5-7,11-12,21-22H2,1-4H3,(H,35,39). The molecule has 0 aromatic heterocycles. The van der Waals surface area contributed by atoms with E-state index in [2.05, 4.69) is 5.32 Å². The summed E-state index contributed by atoms with van der Waals surface area (Å²) in [6.07, 6.45) is 5.00. The third-order valence-electron chi connectivity index (χ3n) is 7.96. The molecule has 1 fully saturated rings. The van der Waals surface area contributed by atoms with Gasteiger partial charge in [0.15, 0.2) is 11.5 Å². The fourth-order valence-electron chi connectivity index (χ4n) is 5.31. The quantitative estimate of drug-likeness (QED) is 0.271. The van der Waals surface area contributed by atoms with E-state index in [0.717, 1.165) is 42.0 Å². The molecule has 1 unspecified atom stereocenters. The number of amides is 2. The van der Waals surface area contributed by atoms with Gasteiger partial charge in [-0.2, -0.15) is 0 Å².